The molecule has 7 nitrogen and oxygen atoms in total. The molecule has 0 radical (unpaired) electrons. The van der Waals surface area contributed by atoms with E-state index in [1.807, 2.05) is 0 Å². The van der Waals surface area contributed by atoms with E-state index >= 15 is 0 Å². The fraction of sp³-hybridized carbons (Fsp3) is 0.462. The van der Waals surface area contributed by atoms with Gasteiger partial charge in [0.2, 0.25) is 5.91 Å². The first kappa shape index (κ1) is 16.8. The highest BCUT2D eigenvalue weighted by atomic mass is 19.4. The zero-order valence-electron chi connectivity index (χ0n) is 12.1. The maximum Gasteiger partial charge on any atom is 0.440 e. The molecule has 1 fully saturated rings. The fourth-order valence-corrected chi connectivity index (χ4v) is 2.12. The number of halogens is 3. The molecule has 0 aromatic carbocycles. The molecular weight excluding hydrogens is 319 g/mol. The number of rotatable bonds is 5. The van der Waals surface area contributed by atoms with Gasteiger partial charge in [0.1, 0.15) is 5.76 Å². The molecule has 2 N–H and O–H groups in total. The van der Waals surface area contributed by atoms with Crippen LogP contribution >= 0.6 is 0 Å². The van der Waals surface area contributed by atoms with Crippen molar-refractivity contribution in [2.75, 3.05) is 0 Å². The number of carbonyl (C=O) groups excluding carboxylic acids is 3. The second-order valence-corrected chi connectivity index (χ2v) is 4.95. The Labute approximate surface area is 128 Å². The van der Waals surface area contributed by atoms with E-state index in [4.69, 9.17) is 4.42 Å². The average Bonchev–Trinajstić information content (AvgIpc) is 3.02. The lowest BCUT2D eigenvalue weighted by molar-refractivity contribution is -0.204. The van der Waals surface area contributed by atoms with Crippen LogP contribution in [0.15, 0.2) is 22.8 Å². The van der Waals surface area contributed by atoms with Gasteiger partial charge in [0.05, 0.1) is 12.8 Å². The molecule has 2 rings (SSSR count). The third-order valence-corrected chi connectivity index (χ3v) is 3.23. The summed E-state index contributed by atoms with van der Waals surface area (Å²) in [5.41, 5.74) is -3.46. The summed E-state index contributed by atoms with van der Waals surface area (Å²) in [6.07, 6.45) is -3.86. The Morgan fingerprint density at radius 2 is 2.13 bits per heavy atom. The number of hydrogen-bond acceptors (Lipinski definition) is 4. The molecule has 0 unspecified atom stereocenters. The van der Waals surface area contributed by atoms with Crippen molar-refractivity contribution in [1.82, 2.24) is 15.5 Å². The summed E-state index contributed by atoms with van der Waals surface area (Å²) in [4.78, 5) is 36.0. The van der Waals surface area contributed by atoms with Gasteiger partial charge in [-0.1, -0.05) is 6.92 Å². The van der Waals surface area contributed by atoms with Crippen molar-refractivity contribution in [1.29, 1.82) is 0 Å². The van der Waals surface area contributed by atoms with Gasteiger partial charge in [0, 0.05) is 6.42 Å². The highest BCUT2D eigenvalue weighted by molar-refractivity contribution is 6.08. The van der Waals surface area contributed by atoms with E-state index in [9.17, 15) is 27.6 Å². The highest BCUT2D eigenvalue weighted by Crippen LogP contribution is 2.34. The Kier molecular flexibility index (Phi) is 4.35. The summed E-state index contributed by atoms with van der Waals surface area (Å²) in [6, 6.07) is 1.61. The van der Waals surface area contributed by atoms with Crippen LogP contribution in [0.25, 0.3) is 0 Å². The first-order chi connectivity index (χ1) is 10.7. The smallest absolute Gasteiger partial charge is 0.440 e. The van der Waals surface area contributed by atoms with E-state index in [-0.39, 0.29) is 18.6 Å². The van der Waals surface area contributed by atoms with Gasteiger partial charge >= 0.3 is 12.2 Å². The minimum atomic E-state index is -5.19. The third-order valence-electron chi connectivity index (χ3n) is 3.23. The minimum absolute atomic E-state index is 0.131. The molecule has 1 aromatic rings. The van der Waals surface area contributed by atoms with Crippen LogP contribution in [0.5, 0.6) is 0 Å². The van der Waals surface area contributed by atoms with Gasteiger partial charge in [-0.3, -0.25) is 19.8 Å². The van der Waals surface area contributed by atoms with E-state index in [1.54, 1.807) is 17.6 Å². The Morgan fingerprint density at radius 1 is 1.43 bits per heavy atom. The highest BCUT2D eigenvalue weighted by Gasteiger charge is 2.68. The lowest BCUT2D eigenvalue weighted by Crippen LogP contribution is -2.69. The summed E-state index contributed by atoms with van der Waals surface area (Å²) < 4.78 is 45.1. The number of amides is 4. The van der Waals surface area contributed by atoms with Crippen molar-refractivity contribution in [3.63, 3.8) is 0 Å². The van der Waals surface area contributed by atoms with Crippen molar-refractivity contribution < 1.29 is 32.0 Å². The fourth-order valence-electron chi connectivity index (χ4n) is 2.12. The van der Waals surface area contributed by atoms with Crippen molar-refractivity contribution in [2.24, 2.45) is 0 Å². The first-order valence-electron chi connectivity index (χ1n) is 6.75. The number of hydrogen-bond donors (Lipinski definition) is 2. The molecule has 4 amide bonds. The summed E-state index contributed by atoms with van der Waals surface area (Å²) in [6.45, 7) is 1.12. The molecule has 1 saturated heterocycles. The number of urea groups is 1. The van der Waals surface area contributed by atoms with E-state index in [1.165, 1.54) is 18.4 Å². The quantitative estimate of drug-likeness (QED) is 0.799. The number of alkyl halides is 3. The molecular formula is C13H14F3N3O4. The van der Waals surface area contributed by atoms with Gasteiger partial charge in [-0.15, -0.1) is 0 Å². The zero-order chi connectivity index (χ0) is 17.3. The van der Waals surface area contributed by atoms with Crippen LogP contribution in [0.1, 0.15) is 25.5 Å². The van der Waals surface area contributed by atoms with Crippen LogP contribution in [0.4, 0.5) is 18.0 Å². The molecule has 126 valence electrons. The third kappa shape index (κ3) is 3.01. The largest absolute Gasteiger partial charge is 0.467 e. The SMILES string of the molecule is CCCC(=O)N[C@]1(C(F)(F)F)NC(=O)N(Cc2ccco2)C1=O. The van der Waals surface area contributed by atoms with Crippen LogP contribution in [-0.2, 0) is 16.1 Å². The molecule has 1 aliphatic heterocycles. The predicted molar refractivity (Wildman–Crippen MR) is 69.6 cm³/mol. The maximum absolute atomic E-state index is 13.4. The monoisotopic (exact) mass is 333 g/mol. The normalized spacial score (nSPS) is 21.5. The first-order valence-corrected chi connectivity index (χ1v) is 6.75. The molecule has 1 aromatic heterocycles. The number of imide groups is 1. The van der Waals surface area contributed by atoms with E-state index in [0.29, 0.717) is 4.90 Å². The number of nitrogens with zero attached hydrogens (tertiary/aromatic N) is 1. The average molecular weight is 333 g/mol. The van der Waals surface area contributed by atoms with Gasteiger partial charge in [-0.05, 0) is 18.6 Å². The molecule has 0 bridgehead atoms. The van der Waals surface area contributed by atoms with Crippen LogP contribution in [0, 0.1) is 0 Å². The lowest BCUT2D eigenvalue weighted by Gasteiger charge is -2.29. The Hall–Kier alpha value is -2.52. The second-order valence-electron chi connectivity index (χ2n) is 4.95. The van der Waals surface area contributed by atoms with Gasteiger partial charge < -0.3 is 9.73 Å². The topological polar surface area (TPSA) is 91.7 Å². The molecule has 10 heteroatoms. The Bertz CT molecular complexity index is 614. The Morgan fingerprint density at radius 3 is 2.65 bits per heavy atom. The number of nitrogens with one attached hydrogen (secondary N) is 2. The van der Waals surface area contributed by atoms with Gasteiger partial charge in [-0.25, -0.2) is 4.79 Å². The van der Waals surface area contributed by atoms with E-state index in [0.717, 1.165) is 0 Å². The number of carbonyl (C=O) groups is 3. The number of furan rings is 1. The van der Waals surface area contributed by atoms with Gasteiger partial charge in [0.15, 0.2) is 0 Å². The van der Waals surface area contributed by atoms with Gasteiger partial charge in [-0.2, -0.15) is 13.2 Å². The second kappa shape index (κ2) is 5.94. The maximum atomic E-state index is 13.4. The molecule has 0 aliphatic carbocycles. The zero-order valence-corrected chi connectivity index (χ0v) is 12.1. The summed E-state index contributed by atoms with van der Waals surface area (Å²) in [5, 5.41) is 3.15. The summed E-state index contributed by atoms with van der Waals surface area (Å²) in [7, 11) is 0. The molecule has 1 atom stereocenters. The minimum Gasteiger partial charge on any atom is -0.467 e. The van der Waals surface area contributed by atoms with Crippen molar-refractivity contribution >= 4 is 17.8 Å². The molecule has 1 aliphatic rings. The molecule has 0 spiro atoms. The molecule has 23 heavy (non-hydrogen) atoms. The van der Waals surface area contributed by atoms with Crippen LogP contribution in [-0.4, -0.2) is 34.6 Å². The standard InChI is InChI=1S/C13H14F3N3O4/c1-2-4-9(20)17-12(13(14,15)16)10(21)19(11(22)18-12)7-8-5-3-6-23-8/h3,5-6H,2,4,7H2,1H3,(H,17,20)(H,18,22)/t12-/m0/s1. The van der Waals surface area contributed by atoms with Crippen molar-refractivity contribution in [2.45, 2.75) is 38.1 Å². The van der Waals surface area contributed by atoms with Crippen LogP contribution in [0.3, 0.4) is 0 Å². The molecule has 0 saturated carbocycles. The summed E-state index contributed by atoms with van der Waals surface area (Å²) in [5.74, 6) is -2.46. The lowest BCUT2D eigenvalue weighted by atomic mass is 10.1. The van der Waals surface area contributed by atoms with Crippen molar-refractivity contribution in [3.05, 3.63) is 24.2 Å². The predicted octanol–water partition coefficient (Wildman–Crippen LogP) is 1.51. The van der Waals surface area contributed by atoms with Crippen molar-refractivity contribution in [3.8, 4) is 0 Å². The van der Waals surface area contributed by atoms with Crippen LogP contribution in [0.2, 0.25) is 0 Å². The van der Waals surface area contributed by atoms with Crippen LogP contribution < -0.4 is 10.6 Å². The van der Waals surface area contributed by atoms with E-state index in [2.05, 4.69) is 0 Å². The van der Waals surface area contributed by atoms with E-state index < -0.39 is 36.2 Å². The molecule has 2 heterocycles. The van der Waals surface area contributed by atoms with Gasteiger partial charge in [0.25, 0.3) is 11.6 Å². The Balaban J connectivity index is 2.31. The summed E-state index contributed by atoms with van der Waals surface area (Å²) >= 11 is 0.